The lowest BCUT2D eigenvalue weighted by atomic mass is 10.1. The molecule has 1 amide bonds. The number of hydrogen-bond acceptors (Lipinski definition) is 3. The summed E-state index contributed by atoms with van der Waals surface area (Å²) in [6, 6.07) is 5.30. The Morgan fingerprint density at radius 1 is 1.36 bits per heavy atom. The van der Waals surface area contributed by atoms with Crippen molar-refractivity contribution in [1.82, 2.24) is 9.78 Å². The molecule has 0 fully saturated rings. The maximum atomic E-state index is 12.8. The molecule has 116 valence electrons. The van der Waals surface area contributed by atoms with Gasteiger partial charge in [-0.25, -0.2) is 0 Å². The zero-order valence-electron chi connectivity index (χ0n) is 12.8. The average molecular weight is 320 g/mol. The first-order valence-corrected chi connectivity index (χ1v) is 7.53. The summed E-state index contributed by atoms with van der Waals surface area (Å²) in [5, 5.41) is 4.87. The molecule has 1 aliphatic rings. The number of ether oxygens (including phenoxy) is 1. The number of carbonyl (C=O) groups excluding carboxylic acids is 1. The van der Waals surface area contributed by atoms with Crippen LogP contribution in [0.25, 0.3) is 0 Å². The van der Waals surface area contributed by atoms with Crippen LogP contribution in [0.3, 0.4) is 0 Å². The summed E-state index contributed by atoms with van der Waals surface area (Å²) < 4.78 is 7.37. The van der Waals surface area contributed by atoms with Crippen molar-refractivity contribution in [3.63, 3.8) is 0 Å². The second kappa shape index (κ2) is 5.32. The molecule has 0 N–H and O–H groups in total. The normalized spacial score (nSPS) is 14.5. The second-order valence-electron chi connectivity index (χ2n) is 6.26. The Labute approximate surface area is 134 Å². The fourth-order valence-corrected chi connectivity index (χ4v) is 2.52. The molecule has 3 rings (SSSR count). The van der Waals surface area contributed by atoms with Gasteiger partial charge in [0.2, 0.25) is 0 Å². The summed E-state index contributed by atoms with van der Waals surface area (Å²) in [4.78, 5) is 14.5. The summed E-state index contributed by atoms with van der Waals surface area (Å²) in [5.41, 5.74) is 1.10. The highest BCUT2D eigenvalue weighted by Gasteiger charge is 2.26. The molecule has 0 atom stereocenters. The second-order valence-corrected chi connectivity index (χ2v) is 6.70. The molecular formula is C16H18ClN3O2. The minimum absolute atomic E-state index is 0.0951. The molecule has 2 aromatic rings. The first-order valence-electron chi connectivity index (χ1n) is 7.15. The van der Waals surface area contributed by atoms with Crippen LogP contribution in [-0.2, 0) is 5.54 Å². The van der Waals surface area contributed by atoms with E-state index in [4.69, 9.17) is 16.3 Å². The molecule has 1 aromatic heterocycles. The quantitative estimate of drug-likeness (QED) is 0.810. The number of fused-ring (bicyclic) bond motifs is 1. The van der Waals surface area contributed by atoms with Crippen molar-refractivity contribution in [2.24, 2.45) is 0 Å². The van der Waals surface area contributed by atoms with Crippen LogP contribution >= 0.6 is 11.6 Å². The zero-order valence-corrected chi connectivity index (χ0v) is 13.6. The lowest BCUT2D eigenvalue weighted by Crippen LogP contribution is -2.37. The van der Waals surface area contributed by atoms with Gasteiger partial charge < -0.3 is 9.64 Å². The van der Waals surface area contributed by atoms with Gasteiger partial charge in [0.25, 0.3) is 5.91 Å². The Kier molecular flexibility index (Phi) is 3.60. The third-order valence-electron chi connectivity index (χ3n) is 3.55. The van der Waals surface area contributed by atoms with Crippen molar-refractivity contribution in [2.75, 3.05) is 18.1 Å². The molecule has 0 radical (unpaired) electrons. The van der Waals surface area contributed by atoms with E-state index < -0.39 is 0 Å². The van der Waals surface area contributed by atoms with Crippen LogP contribution < -0.4 is 9.64 Å². The highest BCUT2D eigenvalue weighted by Crippen LogP contribution is 2.34. The van der Waals surface area contributed by atoms with Crippen molar-refractivity contribution >= 4 is 23.2 Å². The molecule has 6 heteroatoms. The van der Waals surface area contributed by atoms with Gasteiger partial charge in [-0.2, -0.15) is 5.10 Å². The summed E-state index contributed by atoms with van der Waals surface area (Å²) in [6.07, 6.45) is 3.38. The number of anilines is 1. The molecule has 5 nitrogen and oxygen atoms in total. The fraction of sp³-hybridized carbons (Fsp3) is 0.375. The van der Waals surface area contributed by atoms with Crippen molar-refractivity contribution in [1.29, 1.82) is 0 Å². The number of halogens is 1. The molecule has 0 aliphatic carbocycles. The van der Waals surface area contributed by atoms with E-state index in [1.165, 1.54) is 0 Å². The zero-order chi connectivity index (χ0) is 15.9. The fourth-order valence-electron chi connectivity index (χ4n) is 2.36. The molecule has 1 aromatic carbocycles. The van der Waals surface area contributed by atoms with Gasteiger partial charge in [-0.15, -0.1) is 0 Å². The van der Waals surface area contributed by atoms with Gasteiger partial charge in [-0.1, -0.05) is 11.6 Å². The molecular weight excluding hydrogens is 302 g/mol. The van der Waals surface area contributed by atoms with Crippen molar-refractivity contribution in [2.45, 2.75) is 26.3 Å². The van der Waals surface area contributed by atoms with Crippen LogP contribution in [-0.4, -0.2) is 28.8 Å². The first kappa shape index (κ1) is 14.9. The highest BCUT2D eigenvalue weighted by atomic mass is 35.5. The van der Waals surface area contributed by atoms with E-state index in [-0.39, 0.29) is 11.4 Å². The predicted molar refractivity (Wildman–Crippen MR) is 85.8 cm³/mol. The van der Waals surface area contributed by atoms with Gasteiger partial charge in [0.1, 0.15) is 12.4 Å². The number of amides is 1. The minimum Gasteiger partial charge on any atom is -0.490 e. The van der Waals surface area contributed by atoms with Crippen molar-refractivity contribution in [3.8, 4) is 5.75 Å². The largest absolute Gasteiger partial charge is 0.490 e. The van der Waals surface area contributed by atoms with Gasteiger partial charge >= 0.3 is 0 Å². The van der Waals surface area contributed by atoms with E-state index in [2.05, 4.69) is 5.10 Å². The van der Waals surface area contributed by atoms with Gasteiger partial charge in [-0.05, 0) is 39.0 Å². The average Bonchev–Trinajstić information content (AvgIpc) is 2.95. The third-order valence-corrected chi connectivity index (χ3v) is 3.78. The first-order chi connectivity index (χ1) is 10.4. The van der Waals surface area contributed by atoms with Gasteiger partial charge in [0, 0.05) is 11.2 Å². The number of hydrogen-bond donors (Lipinski definition) is 0. The van der Waals surface area contributed by atoms with Crippen LogP contribution in [0.1, 0.15) is 31.1 Å². The molecule has 0 saturated carbocycles. The van der Waals surface area contributed by atoms with Crippen LogP contribution in [0.4, 0.5) is 5.69 Å². The number of rotatable bonds is 1. The lowest BCUT2D eigenvalue weighted by Gasteiger charge is -2.29. The van der Waals surface area contributed by atoms with Gasteiger partial charge in [0.15, 0.2) is 0 Å². The Balaban J connectivity index is 1.94. The summed E-state index contributed by atoms with van der Waals surface area (Å²) in [6.45, 7) is 7.08. The SMILES string of the molecule is CC(C)(C)n1cc(C(=O)N2CCOc3ccc(Cl)cc32)cn1. The maximum absolute atomic E-state index is 12.8. The van der Waals surface area contributed by atoms with E-state index in [0.29, 0.717) is 35.2 Å². The predicted octanol–water partition coefficient (Wildman–Crippen LogP) is 3.33. The number of aromatic nitrogens is 2. The van der Waals surface area contributed by atoms with E-state index in [1.807, 2.05) is 20.8 Å². The van der Waals surface area contributed by atoms with Crippen LogP contribution in [0.15, 0.2) is 30.6 Å². The number of benzene rings is 1. The Bertz CT molecular complexity index is 718. The van der Waals surface area contributed by atoms with E-state index in [1.54, 1.807) is 40.2 Å². The summed E-state index contributed by atoms with van der Waals surface area (Å²) in [5.74, 6) is 0.578. The molecule has 0 spiro atoms. The molecule has 2 heterocycles. The smallest absolute Gasteiger partial charge is 0.261 e. The highest BCUT2D eigenvalue weighted by molar-refractivity contribution is 6.31. The van der Waals surface area contributed by atoms with Crippen LogP contribution in [0, 0.1) is 0 Å². The Morgan fingerprint density at radius 2 is 2.14 bits per heavy atom. The number of carbonyl (C=O) groups is 1. The Hall–Kier alpha value is -2.01. The minimum atomic E-state index is -0.162. The van der Waals surface area contributed by atoms with Crippen LogP contribution in [0.5, 0.6) is 5.75 Å². The number of nitrogens with zero attached hydrogens (tertiary/aromatic N) is 3. The molecule has 0 saturated heterocycles. The van der Waals surface area contributed by atoms with Crippen molar-refractivity contribution in [3.05, 3.63) is 41.2 Å². The van der Waals surface area contributed by atoms with E-state index in [0.717, 1.165) is 0 Å². The van der Waals surface area contributed by atoms with Crippen LogP contribution in [0.2, 0.25) is 5.02 Å². The molecule has 1 aliphatic heterocycles. The Morgan fingerprint density at radius 3 is 2.82 bits per heavy atom. The van der Waals surface area contributed by atoms with E-state index >= 15 is 0 Å². The molecule has 0 bridgehead atoms. The summed E-state index contributed by atoms with van der Waals surface area (Å²) >= 11 is 6.05. The standard InChI is InChI=1S/C16H18ClN3O2/c1-16(2,3)20-10-11(9-18-20)15(21)19-6-7-22-14-5-4-12(17)8-13(14)19/h4-5,8-10H,6-7H2,1-3H3. The molecule has 0 unspecified atom stereocenters. The summed E-state index contributed by atoms with van der Waals surface area (Å²) in [7, 11) is 0. The molecule has 22 heavy (non-hydrogen) atoms. The van der Waals surface area contributed by atoms with Crippen molar-refractivity contribution < 1.29 is 9.53 Å². The van der Waals surface area contributed by atoms with Gasteiger partial charge in [0.05, 0.1) is 29.5 Å². The monoisotopic (exact) mass is 319 g/mol. The van der Waals surface area contributed by atoms with E-state index in [9.17, 15) is 4.79 Å². The lowest BCUT2D eigenvalue weighted by molar-refractivity contribution is 0.0976. The van der Waals surface area contributed by atoms with Gasteiger partial charge in [-0.3, -0.25) is 9.48 Å². The topological polar surface area (TPSA) is 47.4 Å². The third kappa shape index (κ3) is 2.68. The maximum Gasteiger partial charge on any atom is 0.261 e.